The van der Waals surface area contributed by atoms with Crippen LogP contribution in [0.4, 0.5) is 4.39 Å². The van der Waals surface area contributed by atoms with Gasteiger partial charge in [0.1, 0.15) is 11.6 Å². The van der Waals surface area contributed by atoms with Crippen molar-refractivity contribution in [3.05, 3.63) is 65.8 Å². The third-order valence-corrected chi connectivity index (χ3v) is 5.16. The predicted molar refractivity (Wildman–Crippen MR) is 108 cm³/mol. The monoisotopic (exact) mass is 396 g/mol. The Bertz CT molecular complexity index is 911. The molecule has 1 aromatic heterocycles. The van der Waals surface area contributed by atoms with Crippen LogP contribution in [-0.2, 0) is 13.1 Å². The van der Waals surface area contributed by atoms with Crippen LogP contribution < -0.4 is 4.74 Å². The Morgan fingerprint density at radius 3 is 2.28 bits per heavy atom. The van der Waals surface area contributed by atoms with Gasteiger partial charge in [-0.1, -0.05) is 12.1 Å². The molecule has 2 heterocycles. The van der Waals surface area contributed by atoms with Crippen LogP contribution in [0.1, 0.15) is 17.9 Å². The molecule has 0 unspecified atom stereocenters. The minimum absolute atomic E-state index is 0.190. The van der Waals surface area contributed by atoms with Crippen LogP contribution in [0.2, 0.25) is 0 Å². The highest BCUT2D eigenvalue weighted by Crippen LogP contribution is 2.22. The highest BCUT2D eigenvalue weighted by atomic mass is 19.1. The summed E-state index contributed by atoms with van der Waals surface area (Å²) in [4.78, 5) is 4.75. The fourth-order valence-corrected chi connectivity index (χ4v) is 3.55. The maximum atomic E-state index is 13.1. The van der Waals surface area contributed by atoms with Gasteiger partial charge in [-0.2, -0.15) is 0 Å². The summed E-state index contributed by atoms with van der Waals surface area (Å²) in [5.74, 6) is 1.76. The minimum Gasteiger partial charge on any atom is -0.497 e. The third kappa shape index (κ3) is 5.19. The van der Waals surface area contributed by atoms with Crippen molar-refractivity contribution in [2.24, 2.45) is 0 Å². The van der Waals surface area contributed by atoms with Crippen LogP contribution >= 0.6 is 0 Å². The molecule has 1 aliphatic heterocycles. The first-order chi connectivity index (χ1) is 14.2. The Morgan fingerprint density at radius 1 is 0.897 bits per heavy atom. The van der Waals surface area contributed by atoms with E-state index in [1.54, 1.807) is 7.11 Å². The maximum Gasteiger partial charge on any atom is 0.247 e. The van der Waals surface area contributed by atoms with E-state index in [9.17, 15) is 4.39 Å². The molecule has 0 radical (unpaired) electrons. The fourth-order valence-electron chi connectivity index (χ4n) is 3.55. The molecule has 0 bridgehead atoms. The van der Waals surface area contributed by atoms with Gasteiger partial charge in [0.25, 0.3) is 0 Å². The predicted octanol–water partition coefficient (Wildman–Crippen LogP) is 3.59. The van der Waals surface area contributed by atoms with E-state index < -0.39 is 0 Å². The lowest BCUT2D eigenvalue weighted by Gasteiger charge is -2.21. The Labute approximate surface area is 169 Å². The second-order valence-electron chi connectivity index (χ2n) is 7.26. The fraction of sp³-hybridized carbons (Fsp3) is 0.364. The molecule has 6 nitrogen and oxygen atoms in total. The van der Waals surface area contributed by atoms with Gasteiger partial charge in [0.15, 0.2) is 0 Å². The van der Waals surface area contributed by atoms with Crippen molar-refractivity contribution in [3.63, 3.8) is 0 Å². The van der Waals surface area contributed by atoms with E-state index >= 15 is 0 Å². The molecule has 3 aromatic rings. The number of hydrogen-bond acceptors (Lipinski definition) is 6. The molecular weight excluding hydrogens is 371 g/mol. The van der Waals surface area contributed by atoms with E-state index in [-0.39, 0.29) is 5.82 Å². The maximum absolute atomic E-state index is 13.1. The quantitative estimate of drug-likeness (QED) is 0.635. The number of ether oxygens (including phenoxy) is 1. The molecule has 29 heavy (non-hydrogen) atoms. The molecule has 0 atom stereocenters. The summed E-state index contributed by atoms with van der Waals surface area (Å²) >= 11 is 0. The van der Waals surface area contributed by atoms with Crippen molar-refractivity contribution in [1.82, 2.24) is 20.0 Å². The number of halogens is 1. The first-order valence-corrected chi connectivity index (χ1v) is 9.85. The molecule has 0 N–H and O–H groups in total. The molecule has 7 heteroatoms. The van der Waals surface area contributed by atoms with Crippen molar-refractivity contribution in [3.8, 4) is 17.2 Å². The third-order valence-electron chi connectivity index (χ3n) is 5.16. The second-order valence-corrected chi connectivity index (χ2v) is 7.26. The van der Waals surface area contributed by atoms with Gasteiger partial charge in [-0.15, -0.1) is 10.2 Å². The SMILES string of the molecule is COc1ccc(-c2nnc(CN3CCCN(Cc4ccc(F)cc4)CC3)o2)cc1. The Balaban J connectivity index is 1.32. The van der Waals surface area contributed by atoms with E-state index in [0.29, 0.717) is 18.3 Å². The molecule has 0 saturated carbocycles. The topological polar surface area (TPSA) is 54.6 Å². The molecule has 1 saturated heterocycles. The summed E-state index contributed by atoms with van der Waals surface area (Å²) in [6.45, 7) is 5.39. The van der Waals surface area contributed by atoms with Crippen molar-refractivity contribution in [1.29, 1.82) is 0 Å². The highest BCUT2D eigenvalue weighted by Gasteiger charge is 2.18. The van der Waals surface area contributed by atoms with E-state index in [1.807, 2.05) is 36.4 Å². The number of methoxy groups -OCH3 is 1. The average Bonchev–Trinajstić information content (AvgIpc) is 3.10. The Hall–Kier alpha value is -2.77. The zero-order chi connectivity index (χ0) is 20.1. The molecule has 0 spiro atoms. The molecule has 0 aliphatic carbocycles. The van der Waals surface area contributed by atoms with Gasteiger partial charge in [0.05, 0.1) is 13.7 Å². The van der Waals surface area contributed by atoms with E-state index in [1.165, 1.54) is 12.1 Å². The van der Waals surface area contributed by atoms with Gasteiger partial charge < -0.3 is 9.15 Å². The number of benzene rings is 2. The lowest BCUT2D eigenvalue weighted by Crippen LogP contribution is -2.30. The van der Waals surface area contributed by atoms with Gasteiger partial charge in [-0.05, 0) is 61.5 Å². The smallest absolute Gasteiger partial charge is 0.247 e. The molecular formula is C22H25FN4O2. The standard InChI is InChI=1S/C22H25FN4O2/c1-28-20-9-5-18(6-10-20)22-25-24-21(29-22)16-27-12-2-11-26(13-14-27)15-17-3-7-19(23)8-4-17/h3-10H,2,11-16H2,1H3. The Kier molecular flexibility index (Phi) is 6.17. The van der Waals surface area contributed by atoms with Crippen molar-refractivity contribution >= 4 is 0 Å². The van der Waals surface area contributed by atoms with Crippen LogP contribution in [0.3, 0.4) is 0 Å². The van der Waals surface area contributed by atoms with Crippen LogP contribution in [-0.4, -0.2) is 53.3 Å². The number of hydrogen-bond donors (Lipinski definition) is 0. The van der Waals surface area contributed by atoms with Crippen LogP contribution in [0.15, 0.2) is 52.9 Å². The molecule has 4 rings (SSSR count). The second kappa shape index (κ2) is 9.15. The summed E-state index contributed by atoms with van der Waals surface area (Å²) in [6, 6.07) is 14.3. The van der Waals surface area contributed by atoms with Crippen molar-refractivity contribution < 1.29 is 13.5 Å². The van der Waals surface area contributed by atoms with Crippen LogP contribution in [0.25, 0.3) is 11.5 Å². The van der Waals surface area contributed by atoms with Crippen molar-refractivity contribution in [2.45, 2.75) is 19.5 Å². The van der Waals surface area contributed by atoms with E-state index in [2.05, 4.69) is 20.0 Å². The lowest BCUT2D eigenvalue weighted by molar-refractivity contribution is 0.232. The van der Waals surface area contributed by atoms with E-state index in [0.717, 1.165) is 56.0 Å². The number of rotatable bonds is 6. The molecule has 1 aliphatic rings. The van der Waals surface area contributed by atoms with Gasteiger partial charge in [0.2, 0.25) is 11.8 Å². The molecule has 2 aromatic carbocycles. The summed E-state index contributed by atoms with van der Waals surface area (Å²) in [6.07, 6.45) is 1.07. The van der Waals surface area contributed by atoms with E-state index in [4.69, 9.17) is 9.15 Å². The van der Waals surface area contributed by atoms with Crippen molar-refractivity contribution in [2.75, 3.05) is 33.3 Å². The normalized spacial score (nSPS) is 15.9. The Morgan fingerprint density at radius 2 is 1.59 bits per heavy atom. The zero-order valence-corrected chi connectivity index (χ0v) is 16.6. The average molecular weight is 396 g/mol. The zero-order valence-electron chi connectivity index (χ0n) is 16.6. The largest absolute Gasteiger partial charge is 0.497 e. The number of nitrogens with zero attached hydrogens (tertiary/aromatic N) is 4. The summed E-state index contributed by atoms with van der Waals surface area (Å²) in [5, 5.41) is 8.40. The highest BCUT2D eigenvalue weighted by molar-refractivity contribution is 5.53. The van der Waals surface area contributed by atoms with Crippen LogP contribution in [0.5, 0.6) is 5.75 Å². The summed E-state index contributed by atoms with van der Waals surface area (Å²) in [7, 11) is 1.64. The molecule has 1 fully saturated rings. The van der Waals surface area contributed by atoms with Gasteiger partial charge in [0, 0.05) is 25.2 Å². The first-order valence-electron chi connectivity index (χ1n) is 9.85. The minimum atomic E-state index is -0.190. The van der Waals surface area contributed by atoms with Gasteiger partial charge >= 0.3 is 0 Å². The van der Waals surface area contributed by atoms with Gasteiger partial charge in [-0.25, -0.2) is 4.39 Å². The molecule has 0 amide bonds. The molecule has 152 valence electrons. The van der Waals surface area contributed by atoms with Crippen LogP contribution in [0, 0.1) is 5.82 Å². The first kappa shape index (κ1) is 19.5. The number of aromatic nitrogens is 2. The summed E-state index contributed by atoms with van der Waals surface area (Å²) < 4.78 is 24.1. The van der Waals surface area contributed by atoms with Gasteiger partial charge in [-0.3, -0.25) is 9.80 Å². The lowest BCUT2D eigenvalue weighted by atomic mass is 10.2. The summed E-state index contributed by atoms with van der Waals surface area (Å²) in [5.41, 5.74) is 2.02.